The molecule has 0 aliphatic heterocycles. The van der Waals surface area contributed by atoms with E-state index >= 15 is 0 Å². The number of hydrogen-bond donors (Lipinski definition) is 1. The molecule has 0 aliphatic carbocycles. The molecule has 2 nitrogen and oxygen atoms in total. The van der Waals surface area contributed by atoms with Crippen molar-refractivity contribution in [2.75, 3.05) is 5.32 Å². The quantitative estimate of drug-likeness (QED) is 0.812. The Morgan fingerprint density at radius 3 is 2.39 bits per heavy atom. The molecule has 1 amide bonds. The summed E-state index contributed by atoms with van der Waals surface area (Å²) in [4.78, 5) is 12.0. The second-order valence-corrected chi connectivity index (χ2v) is 5.61. The number of aryl methyl sites for hydroxylation is 1. The fraction of sp³-hybridized carbons (Fsp3) is 0.0714. The van der Waals surface area contributed by atoms with E-state index in [4.69, 9.17) is 0 Å². The Hall–Kier alpha value is -1.13. The average molecular weight is 369 g/mol. The molecule has 92 valence electrons. The normalized spacial score (nSPS) is 10.2. The third kappa shape index (κ3) is 3.00. The van der Waals surface area contributed by atoms with Crippen LogP contribution in [-0.4, -0.2) is 5.91 Å². The number of halogens is 2. The smallest absolute Gasteiger partial charge is 0.255 e. The van der Waals surface area contributed by atoms with Gasteiger partial charge >= 0.3 is 0 Å². The van der Waals surface area contributed by atoms with Gasteiger partial charge in [-0.2, -0.15) is 0 Å². The zero-order chi connectivity index (χ0) is 13.1. The Labute approximate surface area is 123 Å². The molecule has 0 radical (unpaired) electrons. The van der Waals surface area contributed by atoms with Crippen LogP contribution in [0.2, 0.25) is 0 Å². The highest BCUT2D eigenvalue weighted by Crippen LogP contribution is 2.26. The van der Waals surface area contributed by atoms with Crippen LogP contribution >= 0.6 is 31.9 Å². The molecule has 0 atom stereocenters. The fourth-order valence-electron chi connectivity index (χ4n) is 1.54. The van der Waals surface area contributed by atoms with Crippen LogP contribution in [0.15, 0.2) is 51.4 Å². The van der Waals surface area contributed by atoms with E-state index in [1.54, 1.807) is 12.1 Å². The molecule has 0 saturated carbocycles. The van der Waals surface area contributed by atoms with Crippen molar-refractivity contribution in [1.29, 1.82) is 0 Å². The number of benzene rings is 2. The molecule has 0 unspecified atom stereocenters. The van der Waals surface area contributed by atoms with Crippen LogP contribution in [0.25, 0.3) is 0 Å². The maximum absolute atomic E-state index is 12.0. The molecule has 0 saturated heterocycles. The van der Waals surface area contributed by atoms with Crippen LogP contribution in [0.1, 0.15) is 15.9 Å². The van der Waals surface area contributed by atoms with Crippen molar-refractivity contribution in [2.45, 2.75) is 6.92 Å². The van der Waals surface area contributed by atoms with Gasteiger partial charge in [0.25, 0.3) is 5.91 Å². The lowest BCUT2D eigenvalue weighted by Gasteiger charge is -2.09. The van der Waals surface area contributed by atoms with Crippen LogP contribution < -0.4 is 5.32 Å². The Bertz CT molecular complexity index is 579. The molecule has 18 heavy (non-hydrogen) atoms. The summed E-state index contributed by atoms with van der Waals surface area (Å²) in [5, 5.41) is 2.89. The molecule has 0 aliphatic rings. The van der Waals surface area contributed by atoms with Crippen molar-refractivity contribution in [1.82, 2.24) is 0 Å². The van der Waals surface area contributed by atoms with Crippen molar-refractivity contribution < 1.29 is 4.79 Å². The van der Waals surface area contributed by atoms with Crippen LogP contribution in [0.4, 0.5) is 5.69 Å². The molecule has 4 heteroatoms. The molecular weight excluding hydrogens is 358 g/mol. The summed E-state index contributed by atoms with van der Waals surface area (Å²) in [5.74, 6) is -0.117. The van der Waals surface area contributed by atoms with E-state index in [0.29, 0.717) is 5.56 Å². The van der Waals surface area contributed by atoms with Gasteiger partial charge in [-0.15, -0.1) is 0 Å². The van der Waals surface area contributed by atoms with Gasteiger partial charge in [-0.05, 0) is 58.7 Å². The van der Waals surface area contributed by atoms with Gasteiger partial charge in [-0.1, -0.05) is 28.1 Å². The van der Waals surface area contributed by atoms with Gasteiger partial charge in [0, 0.05) is 14.5 Å². The molecule has 0 fully saturated rings. The lowest BCUT2D eigenvalue weighted by Crippen LogP contribution is -2.12. The summed E-state index contributed by atoms with van der Waals surface area (Å²) < 4.78 is 1.87. The van der Waals surface area contributed by atoms with Gasteiger partial charge in [-0.3, -0.25) is 4.79 Å². The maximum Gasteiger partial charge on any atom is 0.255 e. The highest BCUT2D eigenvalue weighted by atomic mass is 79.9. The fourth-order valence-corrected chi connectivity index (χ4v) is 2.17. The first-order valence-electron chi connectivity index (χ1n) is 5.40. The number of hydrogen-bond acceptors (Lipinski definition) is 1. The van der Waals surface area contributed by atoms with E-state index in [-0.39, 0.29) is 5.91 Å². The summed E-state index contributed by atoms with van der Waals surface area (Å²) in [6, 6.07) is 13.0. The zero-order valence-corrected chi connectivity index (χ0v) is 12.9. The molecular formula is C14H11Br2NO. The minimum Gasteiger partial charge on any atom is -0.321 e. The standard InChI is InChI=1S/C14H11Br2NO/c1-9-3-2-4-12(13(9)16)17-14(18)10-5-7-11(15)8-6-10/h2-8H,1H3,(H,17,18). The average Bonchev–Trinajstić information content (AvgIpc) is 2.36. The number of anilines is 1. The Balaban J connectivity index is 2.21. The highest BCUT2D eigenvalue weighted by Gasteiger charge is 2.08. The molecule has 2 aromatic rings. The van der Waals surface area contributed by atoms with E-state index in [9.17, 15) is 4.79 Å². The number of carbonyl (C=O) groups excluding carboxylic acids is 1. The van der Waals surface area contributed by atoms with E-state index in [2.05, 4.69) is 37.2 Å². The second-order valence-electron chi connectivity index (χ2n) is 3.90. The van der Waals surface area contributed by atoms with Gasteiger partial charge in [-0.25, -0.2) is 0 Å². The Morgan fingerprint density at radius 2 is 1.72 bits per heavy atom. The zero-order valence-electron chi connectivity index (χ0n) is 9.71. The maximum atomic E-state index is 12.0. The predicted octanol–water partition coefficient (Wildman–Crippen LogP) is 4.77. The van der Waals surface area contributed by atoms with Gasteiger partial charge in [0.1, 0.15) is 0 Å². The number of rotatable bonds is 2. The van der Waals surface area contributed by atoms with E-state index < -0.39 is 0 Å². The highest BCUT2D eigenvalue weighted by molar-refractivity contribution is 9.11. The van der Waals surface area contributed by atoms with E-state index in [0.717, 1.165) is 20.2 Å². The predicted molar refractivity (Wildman–Crippen MR) is 81.0 cm³/mol. The van der Waals surface area contributed by atoms with Gasteiger partial charge in [0.2, 0.25) is 0 Å². The minimum atomic E-state index is -0.117. The minimum absolute atomic E-state index is 0.117. The van der Waals surface area contributed by atoms with Crippen molar-refractivity contribution >= 4 is 43.5 Å². The Morgan fingerprint density at radius 1 is 1.06 bits per heavy atom. The molecule has 0 aromatic heterocycles. The lowest BCUT2D eigenvalue weighted by atomic mass is 10.2. The topological polar surface area (TPSA) is 29.1 Å². The van der Waals surface area contributed by atoms with E-state index in [1.807, 2.05) is 37.3 Å². The number of carbonyl (C=O) groups is 1. The van der Waals surface area contributed by atoms with Crippen molar-refractivity contribution in [3.8, 4) is 0 Å². The van der Waals surface area contributed by atoms with Crippen LogP contribution in [0.3, 0.4) is 0 Å². The number of amides is 1. The lowest BCUT2D eigenvalue weighted by molar-refractivity contribution is 0.102. The van der Waals surface area contributed by atoms with Crippen molar-refractivity contribution in [2.24, 2.45) is 0 Å². The third-order valence-electron chi connectivity index (χ3n) is 2.55. The number of nitrogens with one attached hydrogen (secondary N) is 1. The van der Waals surface area contributed by atoms with Crippen LogP contribution in [0, 0.1) is 6.92 Å². The summed E-state index contributed by atoms with van der Waals surface area (Å²) >= 11 is 6.81. The van der Waals surface area contributed by atoms with Crippen LogP contribution in [-0.2, 0) is 0 Å². The summed E-state index contributed by atoms with van der Waals surface area (Å²) in [5.41, 5.74) is 2.50. The third-order valence-corrected chi connectivity index (χ3v) is 4.13. The first kappa shape index (κ1) is 13.3. The molecule has 0 heterocycles. The molecule has 1 N–H and O–H groups in total. The van der Waals surface area contributed by atoms with Gasteiger partial charge in [0.05, 0.1) is 5.69 Å². The summed E-state index contributed by atoms with van der Waals surface area (Å²) in [7, 11) is 0. The van der Waals surface area contributed by atoms with Crippen molar-refractivity contribution in [3.05, 3.63) is 62.5 Å². The monoisotopic (exact) mass is 367 g/mol. The molecule has 0 bridgehead atoms. The molecule has 2 aromatic carbocycles. The SMILES string of the molecule is Cc1cccc(NC(=O)c2ccc(Br)cc2)c1Br. The van der Waals surface area contributed by atoms with Crippen molar-refractivity contribution in [3.63, 3.8) is 0 Å². The second kappa shape index (κ2) is 5.67. The van der Waals surface area contributed by atoms with Gasteiger partial charge < -0.3 is 5.32 Å². The van der Waals surface area contributed by atoms with Crippen LogP contribution in [0.5, 0.6) is 0 Å². The first-order chi connectivity index (χ1) is 8.58. The largest absolute Gasteiger partial charge is 0.321 e. The Kier molecular flexibility index (Phi) is 4.19. The summed E-state index contributed by atoms with van der Waals surface area (Å²) in [6.45, 7) is 1.99. The first-order valence-corrected chi connectivity index (χ1v) is 6.98. The molecule has 2 rings (SSSR count). The summed E-state index contributed by atoms with van der Waals surface area (Å²) in [6.07, 6.45) is 0. The van der Waals surface area contributed by atoms with E-state index in [1.165, 1.54) is 0 Å². The molecule has 0 spiro atoms. The van der Waals surface area contributed by atoms with Gasteiger partial charge in [0.15, 0.2) is 0 Å².